The van der Waals surface area contributed by atoms with Gasteiger partial charge in [0.1, 0.15) is 6.04 Å². The van der Waals surface area contributed by atoms with Gasteiger partial charge in [-0.3, -0.25) is 4.79 Å². The molecule has 3 N–H and O–H groups in total. The van der Waals surface area contributed by atoms with Crippen LogP contribution < -0.4 is 10.0 Å². The van der Waals surface area contributed by atoms with E-state index >= 15 is 0 Å². The van der Waals surface area contributed by atoms with Crippen molar-refractivity contribution in [2.45, 2.75) is 37.2 Å². The van der Waals surface area contributed by atoms with Crippen LogP contribution in [0, 0.1) is 0 Å². The highest BCUT2D eigenvalue weighted by atomic mass is 32.2. The predicted octanol–water partition coefficient (Wildman–Crippen LogP) is 3.83. The first-order valence-corrected chi connectivity index (χ1v) is 12.1. The van der Waals surface area contributed by atoms with E-state index < -0.39 is 22.0 Å². The van der Waals surface area contributed by atoms with E-state index in [4.69, 9.17) is 0 Å². The van der Waals surface area contributed by atoms with Gasteiger partial charge in [0.2, 0.25) is 10.0 Å². The molecule has 6 nitrogen and oxygen atoms in total. The molecule has 0 radical (unpaired) electrons. The highest BCUT2D eigenvalue weighted by Crippen LogP contribution is 2.24. The van der Waals surface area contributed by atoms with Gasteiger partial charge < -0.3 is 10.4 Å². The standard InChI is InChI=1S/C25H28N2O4S/c1-2-14-26-18-20-10-6-11-21(15-20)22-12-7-13-23(17-22)32(30,31)27-24(25(28)29)16-19-8-4-3-5-9-19/h3-13,15,17,24,26-27H,2,14,16,18H2,1H3,(H,28,29). The van der Waals surface area contributed by atoms with Crippen molar-refractivity contribution in [2.75, 3.05) is 6.54 Å². The fourth-order valence-corrected chi connectivity index (χ4v) is 4.63. The van der Waals surface area contributed by atoms with Gasteiger partial charge in [-0.2, -0.15) is 4.72 Å². The Balaban J connectivity index is 1.81. The van der Waals surface area contributed by atoms with Crippen molar-refractivity contribution in [3.05, 3.63) is 90.0 Å². The average Bonchev–Trinajstić information content (AvgIpc) is 2.80. The Hall–Kier alpha value is -3.00. The number of carbonyl (C=O) groups is 1. The molecule has 0 fully saturated rings. The summed E-state index contributed by atoms with van der Waals surface area (Å²) >= 11 is 0. The molecular weight excluding hydrogens is 424 g/mol. The van der Waals surface area contributed by atoms with Gasteiger partial charge in [-0.05, 0) is 59.8 Å². The minimum Gasteiger partial charge on any atom is -0.480 e. The summed E-state index contributed by atoms with van der Waals surface area (Å²) in [5.41, 5.74) is 3.50. The van der Waals surface area contributed by atoms with Crippen molar-refractivity contribution < 1.29 is 18.3 Å². The van der Waals surface area contributed by atoms with E-state index in [0.717, 1.165) is 41.8 Å². The molecule has 1 unspecified atom stereocenters. The van der Waals surface area contributed by atoms with E-state index in [9.17, 15) is 18.3 Å². The van der Waals surface area contributed by atoms with Gasteiger partial charge in [0.15, 0.2) is 0 Å². The Morgan fingerprint density at radius 2 is 1.56 bits per heavy atom. The van der Waals surface area contributed by atoms with Crippen molar-refractivity contribution in [1.29, 1.82) is 0 Å². The predicted molar refractivity (Wildman–Crippen MR) is 126 cm³/mol. The van der Waals surface area contributed by atoms with Crippen LogP contribution in [0.1, 0.15) is 24.5 Å². The van der Waals surface area contributed by atoms with Crippen molar-refractivity contribution in [2.24, 2.45) is 0 Å². The number of benzene rings is 3. The molecule has 32 heavy (non-hydrogen) atoms. The maximum Gasteiger partial charge on any atom is 0.322 e. The normalized spacial score (nSPS) is 12.4. The topological polar surface area (TPSA) is 95.5 Å². The zero-order valence-electron chi connectivity index (χ0n) is 18.0. The van der Waals surface area contributed by atoms with Crippen molar-refractivity contribution in [3.8, 4) is 11.1 Å². The van der Waals surface area contributed by atoms with Gasteiger partial charge in [0.25, 0.3) is 0 Å². The number of rotatable bonds is 11. The fourth-order valence-electron chi connectivity index (χ4n) is 3.40. The van der Waals surface area contributed by atoms with Crippen LogP contribution in [0.25, 0.3) is 11.1 Å². The summed E-state index contributed by atoms with van der Waals surface area (Å²) < 4.78 is 28.3. The van der Waals surface area contributed by atoms with Crippen LogP contribution in [0.5, 0.6) is 0 Å². The third-order valence-corrected chi connectivity index (χ3v) is 6.51. The minimum atomic E-state index is -4.03. The van der Waals surface area contributed by atoms with Gasteiger partial charge in [-0.1, -0.05) is 67.6 Å². The molecule has 0 heterocycles. The lowest BCUT2D eigenvalue weighted by Crippen LogP contribution is -2.42. The first-order chi connectivity index (χ1) is 15.4. The first kappa shape index (κ1) is 23.7. The fraction of sp³-hybridized carbons (Fsp3) is 0.240. The Kier molecular flexibility index (Phi) is 8.16. The Morgan fingerprint density at radius 1 is 0.906 bits per heavy atom. The van der Waals surface area contributed by atoms with Crippen LogP contribution in [0.4, 0.5) is 0 Å². The number of hydrogen-bond donors (Lipinski definition) is 3. The molecule has 0 spiro atoms. The van der Waals surface area contributed by atoms with Crippen LogP contribution >= 0.6 is 0 Å². The second-order valence-corrected chi connectivity index (χ2v) is 9.32. The molecule has 0 amide bonds. The minimum absolute atomic E-state index is 0.0313. The lowest BCUT2D eigenvalue weighted by molar-refractivity contribution is -0.138. The van der Waals surface area contributed by atoms with Gasteiger partial charge in [-0.15, -0.1) is 0 Å². The van der Waals surface area contributed by atoms with Gasteiger partial charge >= 0.3 is 5.97 Å². The Bertz CT molecular complexity index is 1150. The van der Waals surface area contributed by atoms with E-state index in [-0.39, 0.29) is 11.3 Å². The molecule has 0 aromatic heterocycles. The molecule has 7 heteroatoms. The number of aliphatic carboxylic acids is 1. The maximum atomic E-state index is 13.0. The number of nitrogens with one attached hydrogen (secondary N) is 2. The second kappa shape index (κ2) is 11.0. The van der Waals surface area contributed by atoms with E-state index in [1.165, 1.54) is 6.07 Å². The lowest BCUT2D eigenvalue weighted by atomic mass is 10.0. The summed E-state index contributed by atoms with van der Waals surface area (Å²) in [7, 11) is -4.03. The number of hydrogen-bond acceptors (Lipinski definition) is 4. The van der Waals surface area contributed by atoms with E-state index in [2.05, 4.69) is 17.0 Å². The molecule has 0 aliphatic heterocycles. The summed E-state index contributed by atoms with van der Waals surface area (Å²) in [6, 6.07) is 22.2. The Labute approximate surface area is 189 Å². The number of carboxylic acids is 1. The zero-order valence-corrected chi connectivity index (χ0v) is 18.8. The van der Waals surface area contributed by atoms with Crippen molar-refractivity contribution >= 4 is 16.0 Å². The molecule has 0 aliphatic carbocycles. The summed E-state index contributed by atoms with van der Waals surface area (Å²) in [5, 5.41) is 12.9. The number of carboxylic acid groups (broad SMARTS) is 1. The molecule has 0 aliphatic rings. The van der Waals surface area contributed by atoms with E-state index in [0.29, 0.717) is 0 Å². The largest absolute Gasteiger partial charge is 0.480 e. The van der Waals surface area contributed by atoms with E-state index in [1.807, 2.05) is 36.4 Å². The number of sulfonamides is 1. The first-order valence-electron chi connectivity index (χ1n) is 10.6. The SMILES string of the molecule is CCCNCc1cccc(-c2cccc(S(=O)(=O)NC(Cc3ccccc3)C(=O)O)c2)c1. The van der Waals surface area contributed by atoms with Crippen LogP contribution in [0.3, 0.4) is 0 Å². The van der Waals surface area contributed by atoms with Crippen LogP contribution in [-0.2, 0) is 27.8 Å². The lowest BCUT2D eigenvalue weighted by Gasteiger charge is -2.15. The van der Waals surface area contributed by atoms with Gasteiger partial charge in [0.05, 0.1) is 4.90 Å². The molecule has 3 aromatic carbocycles. The van der Waals surface area contributed by atoms with Crippen molar-refractivity contribution in [3.63, 3.8) is 0 Å². The third kappa shape index (κ3) is 6.50. The Morgan fingerprint density at radius 3 is 2.25 bits per heavy atom. The van der Waals surface area contributed by atoms with E-state index in [1.54, 1.807) is 36.4 Å². The highest BCUT2D eigenvalue weighted by molar-refractivity contribution is 7.89. The van der Waals surface area contributed by atoms with Crippen molar-refractivity contribution in [1.82, 2.24) is 10.0 Å². The molecule has 168 valence electrons. The van der Waals surface area contributed by atoms with Crippen LogP contribution in [-0.4, -0.2) is 32.1 Å². The second-order valence-electron chi connectivity index (χ2n) is 7.61. The summed E-state index contributed by atoms with van der Waals surface area (Å²) in [4.78, 5) is 11.7. The molecular formula is C25H28N2O4S. The van der Waals surface area contributed by atoms with Crippen LogP contribution in [0.15, 0.2) is 83.8 Å². The molecule has 3 aromatic rings. The quantitative estimate of drug-likeness (QED) is 0.384. The molecule has 1 atom stereocenters. The molecule has 0 saturated heterocycles. The monoisotopic (exact) mass is 452 g/mol. The summed E-state index contributed by atoms with van der Waals surface area (Å²) in [5.74, 6) is -1.22. The van der Waals surface area contributed by atoms with Crippen LogP contribution in [0.2, 0.25) is 0 Å². The third-order valence-electron chi connectivity index (χ3n) is 5.04. The van der Waals surface area contributed by atoms with Gasteiger partial charge in [-0.25, -0.2) is 8.42 Å². The summed E-state index contributed by atoms with van der Waals surface area (Å²) in [6.45, 7) is 3.77. The maximum absolute atomic E-state index is 13.0. The highest BCUT2D eigenvalue weighted by Gasteiger charge is 2.26. The average molecular weight is 453 g/mol. The smallest absolute Gasteiger partial charge is 0.322 e. The zero-order chi connectivity index (χ0) is 23.0. The van der Waals surface area contributed by atoms with Gasteiger partial charge in [0, 0.05) is 6.54 Å². The molecule has 3 rings (SSSR count). The molecule has 0 bridgehead atoms. The summed E-state index contributed by atoms with van der Waals surface area (Å²) in [6.07, 6.45) is 1.11. The molecule has 0 saturated carbocycles.